The Morgan fingerprint density at radius 1 is 1.10 bits per heavy atom. The summed E-state index contributed by atoms with van der Waals surface area (Å²) in [5.74, 6) is 1.86. The molecule has 39 heavy (non-hydrogen) atoms. The van der Waals surface area contributed by atoms with Gasteiger partial charge in [0.25, 0.3) is 5.91 Å². The number of carbonyl (C=O) groups is 1. The van der Waals surface area contributed by atoms with Crippen LogP contribution in [0.3, 0.4) is 0 Å². The third-order valence-electron chi connectivity index (χ3n) is 7.27. The first kappa shape index (κ1) is 25.1. The Hall–Kier alpha value is -4.24. The zero-order valence-corrected chi connectivity index (χ0v) is 22.3. The van der Waals surface area contributed by atoms with Crippen molar-refractivity contribution in [3.05, 3.63) is 77.8 Å². The van der Waals surface area contributed by atoms with E-state index in [4.69, 9.17) is 26.4 Å². The van der Waals surface area contributed by atoms with E-state index in [-0.39, 0.29) is 11.9 Å². The highest BCUT2D eigenvalue weighted by Crippen LogP contribution is 2.31. The highest BCUT2D eigenvalue weighted by Gasteiger charge is 2.28. The molecule has 1 N–H and O–H groups in total. The van der Waals surface area contributed by atoms with Gasteiger partial charge in [0.2, 0.25) is 0 Å². The highest BCUT2D eigenvalue weighted by molar-refractivity contribution is 6.32. The number of aromatic amines is 1. The van der Waals surface area contributed by atoms with Crippen LogP contribution in [0.25, 0.3) is 33.8 Å². The molecule has 0 atom stereocenters. The summed E-state index contributed by atoms with van der Waals surface area (Å²) in [5.41, 5.74) is 4.02. The van der Waals surface area contributed by atoms with E-state index in [0.29, 0.717) is 41.1 Å². The van der Waals surface area contributed by atoms with Gasteiger partial charge < -0.3 is 14.6 Å². The van der Waals surface area contributed by atoms with Crippen LogP contribution in [0, 0.1) is 0 Å². The van der Waals surface area contributed by atoms with Crippen LogP contribution >= 0.6 is 11.6 Å². The lowest BCUT2D eigenvalue weighted by molar-refractivity contribution is 0.0672. The number of hydrogen-bond donors (Lipinski definition) is 1. The Morgan fingerprint density at radius 3 is 2.69 bits per heavy atom. The molecule has 1 saturated carbocycles. The minimum absolute atomic E-state index is 0.0157. The molecule has 10 heteroatoms. The molecule has 3 heterocycles. The van der Waals surface area contributed by atoms with Crippen molar-refractivity contribution in [1.29, 1.82) is 0 Å². The van der Waals surface area contributed by atoms with Crippen LogP contribution in [0.1, 0.15) is 36.0 Å². The molecule has 198 valence electrons. The maximum Gasteiger partial charge on any atom is 0.254 e. The molecular formula is C29H28ClN7O2. The molecule has 0 spiro atoms. The molecule has 6 rings (SSSR count). The number of carbonyl (C=O) groups excluding carboxylic acids is 1. The third kappa shape index (κ3) is 5.09. The Kier molecular flexibility index (Phi) is 6.98. The number of pyridine rings is 1. The van der Waals surface area contributed by atoms with E-state index in [1.807, 2.05) is 58.1 Å². The van der Waals surface area contributed by atoms with Crippen molar-refractivity contribution >= 4 is 28.5 Å². The number of ether oxygens (including phenoxy) is 1. The number of hydrogen-bond acceptors (Lipinski definition) is 6. The number of rotatable bonds is 8. The fourth-order valence-corrected chi connectivity index (χ4v) is 5.50. The number of methoxy groups -OCH3 is 1. The van der Waals surface area contributed by atoms with Gasteiger partial charge in [-0.05, 0) is 61.4 Å². The lowest BCUT2D eigenvalue weighted by Crippen LogP contribution is -2.41. The maximum absolute atomic E-state index is 13.8. The number of nitrogens with zero attached hydrogens (tertiary/aromatic N) is 6. The second-order valence-corrected chi connectivity index (χ2v) is 10.0. The number of fused-ring (bicyclic) bond motifs is 1. The average Bonchev–Trinajstić information content (AvgIpc) is 3.74. The van der Waals surface area contributed by atoms with Gasteiger partial charge in [0, 0.05) is 41.7 Å². The van der Waals surface area contributed by atoms with Crippen LogP contribution in [-0.2, 0) is 6.54 Å². The summed E-state index contributed by atoms with van der Waals surface area (Å²) in [6.45, 7) is 0.978. The van der Waals surface area contributed by atoms with Crippen molar-refractivity contribution in [3.63, 3.8) is 0 Å². The minimum atomic E-state index is 0.0157. The molecule has 3 aromatic heterocycles. The number of aromatic nitrogens is 6. The average molecular weight is 542 g/mol. The summed E-state index contributed by atoms with van der Waals surface area (Å²) in [4.78, 5) is 32.2. The van der Waals surface area contributed by atoms with Gasteiger partial charge in [0.05, 0.1) is 36.0 Å². The summed E-state index contributed by atoms with van der Waals surface area (Å²) < 4.78 is 7.20. The van der Waals surface area contributed by atoms with Crippen molar-refractivity contribution in [2.75, 3.05) is 13.7 Å². The molecular weight excluding hydrogens is 514 g/mol. The molecule has 2 aromatic carbocycles. The summed E-state index contributed by atoms with van der Waals surface area (Å²) in [5, 5.41) is 5.34. The molecule has 0 unspecified atom stereocenters. The van der Waals surface area contributed by atoms with E-state index in [2.05, 4.69) is 15.0 Å². The number of amides is 1. The smallest absolute Gasteiger partial charge is 0.254 e. The molecule has 0 radical (unpaired) electrons. The minimum Gasteiger partial charge on any atom is -0.495 e. The van der Waals surface area contributed by atoms with Crippen LogP contribution in [0.2, 0.25) is 5.02 Å². The Bertz CT molecular complexity index is 1610. The largest absolute Gasteiger partial charge is 0.495 e. The van der Waals surface area contributed by atoms with Gasteiger partial charge in [-0.2, -0.15) is 5.10 Å². The Labute approximate surface area is 230 Å². The SMILES string of the molecule is COc1ccc(-c2nc(-c3ccncc3)nn2CCN(C(=O)c2ccc3nc[nH]c3c2)C2CCCC2)cc1Cl. The van der Waals surface area contributed by atoms with E-state index in [1.165, 1.54) is 0 Å². The normalized spacial score (nSPS) is 13.7. The summed E-state index contributed by atoms with van der Waals surface area (Å²) in [6, 6.07) is 15.1. The topological polar surface area (TPSA) is 102 Å². The third-order valence-corrected chi connectivity index (χ3v) is 7.56. The Morgan fingerprint density at radius 2 is 1.92 bits per heavy atom. The van der Waals surface area contributed by atoms with E-state index >= 15 is 0 Å². The monoisotopic (exact) mass is 541 g/mol. The summed E-state index contributed by atoms with van der Waals surface area (Å²) in [7, 11) is 1.59. The summed E-state index contributed by atoms with van der Waals surface area (Å²) >= 11 is 6.46. The summed E-state index contributed by atoms with van der Waals surface area (Å²) in [6.07, 6.45) is 9.33. The van der Waals surface area contributed by atoms with Crippen LogP contribution in [0.15, 0.2) is 67.3 Å². The van der Waals surface area contributed by atoms with Gasteiger partial charge in [0.15, 0.2) is 11.6 Å². The number of halogens is 1. The van der Waals surface area contributed by atoms with E-state index in [0.717, 1.165) is 47.8 Å². The molecule has 5 aromatic rings. The van der Waals surface area contributed by atoms with Crippen molar-refractivity contribution < 1.29 is 9.53 Å². The van der Waals surface area contributed by atoms with Crippen molar-refractivity contribution in [2.24, 2.45) is 0 Å². The number of H-pyrrole nitrogens is 1. The van der Waals surface area contributed by atoms with Crippen LogP contribution in [0.4, 0.5) is 0 Å². The molecule has 0 aliphatic heterocycles. The van der Waals surface area contributed by atoms with Gasteiger partial charge in [-0.1, -0.05) is 24.4 Å². The number of nitrogens with one attached hydrogen (secondary N) is 1. The standard InChI is InChI=1S/C29H28ClN7O2/c1-39-26-9-7-20(16-23(26)30)28-34-27(19-10-12-31-13-11-19)35-37(28)15-14-36(22-4-2-3-5-22)29(38)21-6-8-24-25(17-21)33-18-32-24/h6-13,16-18,22H,2-5,14-15H2,1H3,(H,32,33). The van der Waals surface area contributed by atoms with E-state index < -0.39 is 0 Å². The maximum atomic E-state index is 13.8. The second kappa shape index (κ2) is 10.9. The molecule has 1 aliphatic carbocycles. The number of benzene rings is 2. The molecule has 1 aliphatic rings. The lowest BCUT2D eigenvalue weighted by Gasteiger charge is -2.29. The lowest BCUT2D eigenvalue weighted by atomic mass is 10.1. The molecule has 1 fully saturated rings. The van der Waals surface area contributed by atoms with E-state index in [1.54, 1.807) is 25.8 Å². The fourth-order valence-electron chi connectivity index (χ4n) is 5.24. The van der Waals surface area contributed by atoms with Gasteiger partial charge in [0.1, 0.15) is 5.75 Å². The van der Waals surface area contributed by atoms with Gasteiger partial charge in [-0.25, -0.2) is 14.6 Å². The first-order chi connectivity index (χ1) is 19.1. The van der Waals surface area contributed by atoms with Crippen LogP contribution in [0.5, 0.6) is 5.75 Å². The zero-order chi connectivity index (χ0) is 26.8. The Balaban J connectivity index is 1.33. The van der Waals surface area contributed by atoms with Gasteiger partial charge in [-0.3, -0.25) is 9.78 Å². The molecule has 1 amide bonds. The van der Waals surface area contributed by atoms with Gasteiger partial charge in [-0.15, -0.1) is 0 Å². The molecule has 9 nitrogen and oxygen atoms in total. The highest BCUT2D eigenvalue weighted by atomic mass is 35.5. The second-order valence-electron chi connectivity index (χ2n) is 9.64. The van der Waals surface area contributed by atoms with Crippen molar-refractivity contribution in [1.82, 2.24) is 34.6 Å². The van der Waals surface area contributed by atoms with Crippen LogP contribution in [-0.4, -0.2) is 60.2 Å². The van der Waals surface area contributed by atoms with Gasteiger partial charge >= 0.3 is 0 Å². The van der Waals surface area contributed by atoms with Crippen LogP contribution < -0.4 is 4.74 Å². The zero-order valence-electron chi connectivity index (χ0n) is 21.5. The van der Waals surface area contributed by atoms with Crippen molar-refractivity contribution in [2.45, 2.75) is 38.3 Å². The quantitative estimate of drug-likeness (QED) is 0.273. The first-order valence-electron chi connectivity index (χ1n) is 13.0. The molecule has 0 bridgehead atoms. The predicted molar refractivity (Wildman–Crippen MR) is 150 cm³/mol. The predicted octanol–water partition coefficient (Wildman–Crippen LogP) is 5.63. The van der Waals surface area contributed by atoms with E-state index in [9.17, 15) is 4.79 Å². The number of imidazole rings is 1. The fraction of sp³-hybridized carbons (Fsp3) is 0.276. The molecule has 0 saturated heterocycles. The first-order valence-corrected chi connectivity index (χ1v) is 13.4. The van der Waals surface area contributed by atoms with Crippen molar-refractivity contribution in [3.8, 4) is 28.5 Å².